The Morgan fingerprint density at radius 1 is 1.18 bits per heavy atom. The van der Waals surface area contributed by atoms with Gasteiger partial charge in [0.15, 0.2) is 11.2 Å². The summed E-state index contributed by atoms with van der Waals surface area (Å²) in [6.07, 6.45) is 1.40. The summed E-state index contributed by atoms with van der Waals surface area (Å²) in [5.41, 5.74) is 1.18. The normalized spacial score (nSPS) is 11.3. The van der Waals surface area contributed by atoms with Crippen LogP contribution >= 0.6 is 0 Å². The van der Waals surface area contributed by atoms with Gasteiger partial charge in [-0.3, -0.25) is 14.2 Å². The van der Waals surface area contributed by atoms with Crippen molar-refractivity contribution in [1.82, 2.24) is 18.7 Å². The number of rotatable bonds is 6. The van der Waals surface area contributed by atoms with Gasteiger partial charge >= 0.3 is 11.7 Å². The number of aromatic nitrogens is 4. The van der Waals surface area contributed by atoms with Crippen molar-refractivity contribution >= 4 is 17.1 Å². The lowest BCUT2D eigenvalue weighted by Gasteiger charge is -2.14. The predicted molar refractivity (Wildman–Crippen MR) is 106 cm³/mol. The molecule has 0 spiro atoms. The smallest absolute Gasteiger partial charge is 0.337 e. The molecule has 0 N–H and O–H groups in total. The molecule has 0 atom stereocenters. The number of nitrogens with zero attached hydrogens (tertiary/aromatic N) is 4. The Labute approximate surface area is 162 Å². The van der Waals surface area contributed by atoms with Crippen LogP contribution < -0.4 is 11.2 Å². The van der Waals surface area contributed by atoms with Gasteiger partial charge in [0.1, 0.15) is 6.54 Å². The maximum Gasteiger partial charge on any atom is 0.337 e. The summed E-state index contributed by atoms with van der Waals surface area (Å²) in [5, 5.41) is 0. The lowest BCUT2D eigenvalue weighted by Crippen LogP contribution is -2.41. The molecule has 0 aliphatic rings. The van der Waals surface area contributed by atoms with E-state index >= 15 is 0 Å². The molecule has 3 rings (SSSR count). The van der Waals surface area contributed by atoms with Crippen molar-refractivity contribution < 1.29 is 9.53 Å². The molecule has 28 heavy (non-hydrogen) atoms. The second-order valence-corrected chi connectivity index (χ2v) is 7.11. The standard InChI is InChI=1S/C20H24N4O4/c1-5-28-16(25)11-22-12-21-18-17(22)19(26)23(10-13(2)3)20(27)24(18)15-8-6-14(4)7-9-15/h6-9,12-13H,5,10-11H2,1-4H3. The largest absolute Gasteiger partial charge is 0.465 e. The maximum atomic E-state index is 13.1. The van der Waals surface area contributed by atoms with Crippen molar-refractivity contribution in [2.45, 2.75) is 40.8 Å². The molecule has 1 aromatic carbocycles. The Morgan fingerprint density at radius 3 is 2.46 bits per heavy atom. The second kappa shape index (κ2) is 7.84. The fraction of sp³-hybridized carbons (Fsp3) is 0.400. The van der Waals surface area contributed by atoms with E-state index in [2.05, 4.69) is 4.98 Å². The molecule has 0 unspecified atom stereocenters. The minimum atomic E-state index is -0.468. The highest BCUT2D eigenvalue weighted by atomic mass is 16.5. The highest BCUT2D eigenvalue weighted by Crippen LogP contribution is 2.14. The summed E-state index contributed by atoms with van der Waals surface area (Å²) in [5.74, 6) is -0.375. The molecule has 8 heteroatoms. The van der Waals surface area contributed by atoms with Gasteiger partial charge < -0.3 is 9.30 Å². The molecule has 0 saturated carbocycles. The Morgan fingerprint density at radius 2 is 1.86 bits per heavy atom. The van der Waals surface area contributed by atoms with Crippen LogP contribution in [0.15, 0.2) is 40.2 Å². The molecular formula is C20H24N4O4. The quantitative estimate of drug-likeness (QED) is 0.606. The van der Waals surface area contributed by atoms with Crippen LogP contribution in [0.1, 0.15) is 26.3 Å². The molecule has 2 heterocycles. The number of carbonyl (C=O) groups excluding carboxylic acids is 1. The number of fused-ring (bicyclic) bond motifs is 1. The number of benzene rings is 1. The van der Waals surface area contributed by atoms with Crippen molar-refractivity contribution in [2.24, 2.45) is 5.92 Å². The Balaban J connectivity index is 2.31. The van der Waals surface area contributed by atoms with Gasteiger partial charge in [0.25, 0.3) is 5.56 Å². The SMILES string of the molecule is CCOC(=O)Cn1cnc2c1c(=O)n(CC(C)C)c(=O)n2-c1ccc(C)cc1. The summed E-state index contributed by atoms with van der Waals surface area (Å²) in [4.78, 5) is 42.4. The van der Waals surface area contributed by atoms with Crippen molar-refractivity contribution in [1.29, 1.82) is 0 Å². The zero-order valence-corrected chi connectivity index (χ0v) is 16.5. The van der Waals surface area contributed by atoms with Gasteiger partial charge in [0, 0.05) is 6.54 Å². The molecule has 2 aromatic heterocycles. The van der Waals surface area contributed by atoms with Crippen LogP contribution in [0.5, 0.6) is 0 Å². The fourth-order valence-corrected chi connectivity index (χ4v) is 3.10. The summed E-state index contributed by atoms with van der Waals surface area (Å²) < 4.78 is 9.05. The van der Waals surface area contributed by atoms with E-state index in [1.54, 1.807) is 6.92 Å². The number of hydrogen-bond acceptors (Lipinski definition) is 5. The first-order valence-electron chi connectivity index (χ1n) is 9.26. The van der Waals surface area contributed by atoms with Crippen LogP contribution in [-0.4, -0.2) is 31.3 Å². The number of esters is 1. The molecule has 148 valence electrons. The molecule has 0 radical (unpaired) electrons. The molecule has 3 aromatic rings. The first-order chi connectivity index (χ1) is 13.3. The van der Waals surface area contributed by atoms with Crippen molar-refractivity contribution in [3.05, 3.63) is 57.0 Å². The third-order valence-corrected chi connectivity index (χ3v) is 4.34. The van der Waals surface area contributed by atoms with E-state index in [0.717, 1.165) is 5.56 Å². The van der Waals surface area contributed by atoms with Crippen LogP contribution in [0.2, 0.25) is 0 Å². The first kappa shape index (κ1) is 19.6. The van der Waals surface area contributed by atoms with Gasteiger partial charge in [-0.2, -0.15) is 0 Å². The number of ether oxygens (including phenoxy) is 1. The van der Waals surface area contributed by atoms with Crippen molar-refractivity contribution in [3.63, 3.8) is 0 Å². The van der Waals surface area contributed by atoms with E-state index in [-0.39, 0.29) is 36.8 Å². The van der Waals surface area contributed by atoms with Crippen LogP contribution in [0.4, 0.5) is 0 Å². The van der Waals surface area contributed by atoms with E-state index in [1.807, 2.05) is 45.0 Å². The Hall–Kier alpha value is -3.16. The van der Waals surface area contributed by atoms with Crippen LogP contribution in [0.25, 0.3) is 16.9 Å². The zero-order chi connectivity index (χ0) is 20.4. The summed E-state index contributed by atoms with van der Waals surface area (Å²) in [6.45, 7) is 7.91. The lowest BCUT2D eigenvalue weighted by atomic mass is 10.2. The number of carbonyl (C=O) groups is 1. The predicted octanol–water partition coefficient (Wildman–Crippen LogP) is 1.88. The molecule has 0 fully saturated rings. The third kappa shape index (κ3) is 3.62. The van der Waals surface area contributed by atoms with Gasteiger partial charge in [0.05, 0.1) is 18.6 Å². The number of aryl methyl sites for hydroxylation is 1. The molecule has 8 nitrogen and oxygen atoms in total. The van der Waals surface area contributed by atoms with Gasteiger partial charge in [-0.05, 0) is 31.9 Å². The van der Waals surface area contributed by atoms with Gasteiger partial charge in [-0.25, -0.2) is 14.3 Å². The highest BCUT2D eigenvalue weighted by molar-refractivity contribution is 5.76. The van der Waals surface area contributed by atoms with Gasteiger partial charge in [-0.15, -0.1) is 0 Å². The number of imidazole rings is 1. The van der Waals surface area contributed by atoms with E-state index in [0.29, 0.717) is 5.69 Å². The fourth-order valence-electron chi connectivity index (χ4n) is 3.10. The van der Waals surface area contributed by atoms with Crippen molar-refractivity contribution in [2.75, 3.05) is 6.61 Å². The molecule has 0 aliphatic carbocycles. The van der Waals surface area contributed by atoms with E-state index in [4.69, 9.17) is 4.74 Å². The monoisotopic (exact) mass is 384 g/mol. The average Bonchev–Trinajstić information content (AvgIpc) is 3.03. The van der Waals surface area contributed by atoms with Crippen molar-refractivity contribution in [3.8, 4) is 5.69 Å². The van der Waals surface area contributed by atoms with Crippen LogP contribution in [0, 0.1) is 12.8 Å². The Kier molecular flexibility index (Phi) is 5.48. The topological polar surface area (TPSA) is 88.1 Å². The first-order valence-corrected chi connectivity index (χ1v) is 9.26. The summed E-state index contributed by atoms with van der Waals surface area (Å²) >= 11 is 0. The minimum absolute atomic E-state index is 0.0933. The molecule has 0 bridgehead atoms. The second-order valence-electron chi connectivity index (χ2n) is 7.11. The number of hydrogen-bond donors (Lipinski definition) is 0. The van der Waals surface area contributed by atoms with Gasteiger partial charge in [-0.1, -0.05) is 31.5 Å². The highest BCUT2D eigenvalue weighted by Gasteiger charge is 2.20. The molecule has 0 aliphatic heterocycles. The maximum absolute atomic E-state index is 13.1. The summed E-state index contributed by atoms with van der Waals surface area (Å²) in [7, 11) is 0. The molecule has 0 amide bonds. The average molecular weight is 384 g/mol. The third-order valence-electron chi connectivity index (χ3n) is 4.34. The van der Waals surface area contributed by atoms with Crippen LogP contribution in [-0.2, 0) is 22.6 Å². The van der Waals surface area contributed by atoms with E-state index < -0.39 is 17.2 Å². The zero-order valence-electron chi connectivity index (χ0n) is 16.5. The lowest BCUT2D eigenvalue weighted by molar-refractivity contribution is -0.143. The van der Waals surface area contributed by atoms with E-state index in [1.165, 1.54) is 20.0 Å². The molecule has 0 saturated heterocycles. The minimum Gasteiger partial charge on any atom is -0.465 e. The Bertz CT molecular complexity index is 1120. The molecular weight excluding hydrogens is 360 g/mol. The summed E-state index contributed by atoms with van der Waals surface area (Å²) in [6, 6.07) is 7.40. The van der Waals surface area contributed by atoms with Gasteiger partial charge in [0.2, 0.25) is 0 Å². The van der Waals surface area contributed by atoms with E-state index in [9.17, 15) is 14.4 Å². The van der Waals surface area contributed by atoms with Crippen LogP contribution in [0.3, 0.4) is 0 Å².